The summed E-state index contributed by atoms with van der Waals surface area (Å²) in [6.45, 7) is 0. The number of ether oxygens (including phenoxy) is 2. The Hall–Kier alpha value is -1.58. The third-order valence-corrected chi connectivity index (χ3v) is 5.42. The minimum absolute atomic E-state index is 0.0427. The second-order valence-corrected chi connectivity index (χ2v) is 8.14. The molecule has 1 heterocycles. The van der Waals surface area contributed by atoms with Crippen molar-refractivity contribution < 1.29 is 17.9 Å². The van der Waals surface area contributed by atoms with Crippen LogP contribution in [-0.2, 0) is 10.0 Å². The average Bonchev–Trinajstić information content (AvgIpc) is 2.91. The Bertz CT molecular complexity index is 787. The van der Waals surface area contributed by atoms with Crippen molar-refractivity contribution in [2.24, 2.45) is 5.10 Å². The zero-order chi connectivity index (χ0) is 16.2. The molecular formula is C13H13BrN2O4S2. The summed E-state index contributed by atoms with van der Waals surface area (Å²) in [5, 5.41) is 3.76. The van der Waals surface area contributed by atoms with Crippen LogP contribution in [0.5, 0.6) is 11.5 Å². The number of halogens is 1. The normalized spacial score (nSPS) is 11.6. The van der Waals surface area contributed by atoms with Gasteiger partial charge in [0.15, 0.2) is 0 Å². The van der Waals surface area contributed by atoms with Gasteiger partial charge in [-0.25, -0.2) is 0 Å². The highest BCUT2D eigenvalue weighted by Crippen LogP contribution is 2.28. The summed E-state index contributed by atoms with van der Waals surface area (Å²) < 4.78 is 35.7. The maximum atomic E-state index is 12.3. The van der Waals surface area contributed by atoms with Gasteiger partial charge in [0.25, 0.3) is 10.0 Å². The first-order valence-corrected chi connectivity index (χ1v) is 9.08. The summed E-state index contributed by atoms with van der Waals surface area (Å²) in [7, 11) is -1.01. The largest absolute Gasteiger partial charge is 0.497 e. The lowest BCUT2D eigenvalue weighted by Crippen LogP contribution is -2.19. The lowest BCUT2D eigenvalue weighted by molar-refractivity contribution is 0.392. The van der Waals surface area contributed by atoms with E-state index in [0.717, 1.165) is 8.66 Å². The molecule has 0 aliphatic rings. The second-order valence-electron chi connectivity index (χ2n) is 4.01. The molecule has 0 bridgehead atoms. The fraction of sp³-hybridized carbons (Fsp3) is 0.154. The van der Waals surface area contributed by atoms with Crippen molar-refractivity contribution in [1.29, 1.82) is 0 Å². The van der Waals surface area contributed by atoms with Crippen molar-refractivity contribution in [1.82, 2.24) is 4.83 Å². The van der Waals surface area contributed by atoms with Crippen LogP contribution in [0.25, 0.3) is 0 Å². The van der Waals surface area contributed by atoms with Crippen molar-refractivity contribution >= 4 is 43.5 Å². The number of sulfonamides is 1. The quantitative estimate of drug-likeness (QED) is 0.592. The minimum atomic E-state index is -3.86. The number of thiophene rings is 1. The highest BCUT2D eigenvalue weighted by molar-refractivity contribution is 9.11. The predicted molar refractivity (Wildman–Crippen MR) is 89.5 cm³/mol. The van der Waals surface area contributed by atoms with Crippen molar-refractivity contribution in [3.05, 3.63) is 39.0 Å². The van der Waals surface area contributed by atoms with Gasteiger partial charge in [-0.3, -0.25) is 0 Å². The molecule has 1 N–H and O–H groups in total. The van der Waals surface area contributed by atoms with E-state index < -0.39 is 10.0 Å². The Balaban J connectivity index is 2.24. The summed E-state index contributed by atoms with van der Waals surface area (Å²) in [6, 6.07) is 8.18. The molecule has 0 aliphatic carbocycles. The summed E-state index contributed by atoms with van der Waals surface area (Å²) in [6.07, 6.45) is 1.43. The minimum Gasteiger partial charge on any atom is -0.497 e. The molecule has 0 fully saturated rings. The van der Waals surface area contributed by atoms with Crippen LogP contribution in [0.15, 0.2) is 44.1 Å². The molecule has 1 aromatic carbocycles. The van der Waals surface area contributed by atoms with Crippen LogP contribution in [0, 0.1) is 0 Å². The summed E-state index contributed by atoms with van der Waals surface area (Å²) in [5.41, 5.74) is 0. The number of nitrogens with zero attached hydrogens (tertiary/aromatic N) is 1. The van der Waals surface area contributed by atoms with Gasteiger partial charge in [0.2, 0.25) is 0 Å². The first kappa shape index (κ1) is 16.8. The number of hydrogen-bond acceptors (Lipinski definition) is 6. The molecule has 0 saturated carbocycles. The molecule has 0 saturated heterocycles. The number of nitrogens with one attached hydrogen (secondary N) is 1. The maximum Gasteiger partial charge on any atom is 0.280 e. The van der Waals surface area contributed by atoms with Crippen LogP contribution in [0.3, 0.4) is 0 Å². The molecule has 1 aromatic heterocycles. The van der Waals surface area contributed by atoms with E-state index in [1.54, 1.807) is 6.07 Å². The topological polar surface area (TPSA) is 77.0 Å². The molecule has 22 heavy (non-hydrogen) atoms. The molecule has 9 heteroatoms. The van der Waals surface area contributed by atoms with E-state index in [1.807, 2.05) is 12.1 Å². The van der Waals surface area contributed by atoms with Gasteiger partial charge < -0.3 is 9.47 Å². The summed E-state index contributed by atoms with van der Waals surface area (Å²) >= 11 is 4.76. The van der Waals surface area contributed by atoms with E-state index in [-0.39, 0.29) is 10.6 Å². The van der Waals surface area contributed by atoms with Gasteiger partial charge in [-0.2, -0.15) is 18.4 Å². The highest BCUT2D eigenvalue weighted by atomic mass is 79.9. The number of rotatable bonds is 6. The Morgan fingerprint density at radius 1 is 1.23 bits per heavy atom. The monoisotopic (exact) mass is 404 g/mol. The van der Waals surface area contributed by atoms with Crippen molar-refractivity contribution in [3.8, 4) is 11.5 Å². The van der Waals surface area contributed by atoms with Crippen LogP contribution < -0.4 is 14.3 Å². The molecule has 0 atom stereocenters. The first-order chi connectivity index (χ1) is 10.5. The van der Waals surface area contributed by atoms with Crippen molar-refractivity contribution in [2.45, 2.75) is 4.90 Å². The van der Waals surface area contributed by atoms with Crippen molar-refractivity contribution in [3.63, 3.8) is 0 Å². The number of hydrogen-bond donors (Lipinski definition) is 1. The molecule has 0 amide bonds. The second kappa shape index (κ2) is 7.12. The number of methoxy groups -OCH3 is 2. The number of hydrazone groups is 1. The zero-order valence-electron chi connectivity index (χ0n) is 11.7. The van der Waals surface area contributed by atoms with Gasteiger partial charge in [-0.1, -0.05) is 0 Å². The Morgan fingerprint density at radius 2 is 2.00 bits per heavy atom. The molecule has 0 aliphatic heterocycles. The molecule has 0 radical (unpaired) electrons. The Labute approximate surface area is 140 Å². The van der Waals surface area contributed by atoms with Gasteiger partial charge in [0.1, 0.15) is 16.4 Å². The highest BCUT2D eigenvalue weighted by Gasteiger charge is 2.19. The fourth-order valence-corrected chi connectivity index (χ4v) is 3.87. The third kappa shape index (κ3) is 3.99. The van der Waals surface area contributed by atoms with Crippen LogP contribution in [0.4, 0.5) is 0 Å². The lowest BCUT2D eigenvalue weighted by Gasteiger charge is -2.10. The average molecular weight is 405 g/mol. The standard InChI is InChI=1S/C13H13BrN2O4S2/c1-19-9-3-5-11(20-2)12(7-9)22(17,18)16-15-8-10-4-6-13(14)21-10/h3-8,16H,1-2H3/b15-8-. The Kier molecular flexibility index (Phi) is 5.43. The van der Waals surface area contributed by atoms with E-state index in [4.69, 9.17) is 9.47 Å². The molecule has 118 valence electrons. The SMILES string of the molecule is COc1ccc(OC)c(S(=O)(=O)N/N=C\c2ccc(Br)s2)c1. The van der Waals surface area contributed by atoms with Crippen LogP contribution >= 0.6 is 27.3 Å². The molecule has 0 unspecified atom stereocenters. The maximum absolute atomic E-state index is 12.3. The molecule has 2 rings (SSSR count). The van der Waals surface area contributed by atoms with E-state index in [1.165, 1.54) is 43.9 Å². The fourth-order valence-electron chi connectivity index (χ4n) is 1.60. The van der Waals surface area contributed by atoms with E-state index >= 15 is 0 Å². The lowest BCUT2D eigenvalue weighted by atomic mass is 10.3. The zero-order valence-corrected chi connectivity index (χ0v) is 15.0. The van der Waals surface area contributed by atoms with Gasteiger partial charge in [0, 0.05) is 10.9 Å². The van der Waals surface area contributed by atoms with E-state index in [0.29, 0.717) is 5.75 Å². The van der Waals surface area contributed by atoms with E-state index in [9.17, 15) is 8.42 Å². The van der Waals surface area contributed by atoms with Crippen molar-refractivity contribution in [2.75, 3.05) is 14.2 Å². The molecule has 0 spiro atoms. The van der Waals surface area contributed by atoms with Gasteiger partial charge in [-0.05, 0) is 40.2 Å². The smallest absolute Gasteiger partial charge is 0.280 e. The van der Waals surface area contributed by atoms with Crippen LogP contribution in [0.2, 0.25) is 0 Å². The summed E-state index contributed by atoms with van der Waals surface area (Å²) in [4.78, 5) is 2.93. The predicted octanol–water partition coefficient (Wildman–Crippen LogP) is 2.84. The Morgan fingerprint density at radius 3 is 2.59 bits per heavy atom. The van der Waals surface area contributed by atoms with Crippen LogP contribution in [-0.4, -0.2) is 28.9 Å². The van der Waals surface area contributed by atoms with E-state index in [2.05, 4.69) is 25.9 Å². The van der Waals surface area contributed by atoms with Gasteiger partial charge in [0.05, 0.1) is 24.2 Å². The van der Waals surface area contributed by atoms with Gasteiger partial charge in [-0.15, -0.1) is 11.3 Å². The molecular weight excluding hydrogens is 392 g/mol. The summed E-state index contributed by atoms with van der Waals surface area (Å²) in [5.74, 6) is 0.620. The van der Waals surface area contributed by atoms with Gasteiger partial charge >= 0.3 is 0 Å². The molecule has 6 nitrogen and oxygen atoms in total. The number of benzene rings is 1. The van der Waals surface area contributed by atoms with Crippen LogP contribution in [0.1, 0.15) is 4.88 Å². The molecule has 2 aromatic rings. The third-order valence-electron chi connectivity index (χ3n) is 2.62. The first-order valence-electron chi connectivity index (χ1n) is 5.98.